The third-order valence-corrected chi connectivity index (χ3v) is 6.42. The molecule has 1 heterocycles. The topological polar surface area (TPSA) is 78.3 Å². The molecule has 35 heavy (non-hydrogen) atoms. The summed E-state index contributed by atoms with van der Waals surface area (Å²) in [4.78, 5) is 12.7. The Hall–Kier alpha value is -3.20. The summed E-state index contributed by atoms with van der Waals surface area (Å²) in [5.74, 6) is 1.51. The van der Waals surface area contributed by atoms with Gasteiger partial charge in [-0.05, 0) is 49.4 Å². The van der Waals surface area contributed by atoms with Gasteiger partial charge in [0.1, 0.15) is 11.5 Å². The number of rotatable bonds is 9. The summed E-state index contributed by atoms with van der Waals surface area (Å²) < 4.78 is 13.3. The van der Waals surface area contributed by atoms with Crippen molar-refractivity contribution in [1.29, 1.82) is 0 Å². The highest BCUT2D eigenvalue weighted by Gasteiger charge is 2.22. The third kappa shape index (κ3) is 6.08. The van der Waals surface area contributed by atoms with E-state index in [1.54, 1.807) is 30.3 Å². The summed E-state index contributed by atoms with van der Waals surface area (Å²) in [6.45, 7) is 1.87. The molecule has 4 rings (SSSR count). The van der Waals surface area contributed by atoms with Crippen molar-refractivity contribution < 1.29 is 14.3 Å². The lowest BCUT2D eigenvalue weighted by molar-refractivity contribution is -0.113. The van der Waals surface area contributed by atoms with E-state index >= 15 is 0 Å². The zero-order valence-electron chi connectivity index (χ0n) is 18.9. The Morgan fingerprint density at radius 3 is 2.51 bits per heavy atom. The number of carbonyl (C=O) groups is 1. The average molecular weight is 529 g/mol. The zero-order valence-corrected chi connectivity index (χ0v) is 21.3. The zero-order chi connectivity index (χ0) is 24.8. The quantitative estimate of drug-likeness (QED) is 0.251. The van der Waals surface area contributed by atoms with Crippen LogP contribution in [0, 0.1) is 0 Å². The van der Waals surface area contributed by atoms with E-state index in [1.807, 2.05) is 54.0 Å². The second-order valence-corrected chi connectivity index (χ2v) is 9.17. The van der Waals surface area contributed by atoms with Gasteiger partial charge in [0, 0.05) is 10.7 Å². The van der Waals surface area contributed by atoms with Crippen LogP contribution in [0.1, 0.15) is 18.9 Å². The van der Waals surface area contributed by atoms with Crippen LogP contribution in [-0.4, -0.2) is 33.5 Å². The number of nitrogens with zero attached hydrogens (tertiary/aromatic N) is 3. The van der Waals surface area contributed by atoms with Crippen molar-refractivity contribution in [2.75, 3.05) is 18.2 Å². The molecule has 0 aliphatic carbocycles. The normalized spacial score (nSPS) is 11.7. The average Bonchev–Trinajstić information content (AvgIpc) is 3.29. The highest BCUT2D eigenvalue weighted by molar-refractivity contribution is 7.99. The molecule has 0 aliphatic heterocycles. The molecule has 0 saturated heterocycles. The molecule has 0 fully saturated rings. The predicted octanol–water partition coefficient (Wildman–Crippen LogP) is 6.45. The molecule has 0 aliphatic rings. The Balaban J connectivity index is 1.55. The van der Waals surface area contributed by atoms with Crippen LogP contribution in [0.2, 0.25) is 10.0 Å². The monoisotopic (exact) mass is 528 g/mol. The molecule has 1 atom stereocenters. The fourth-order valence-corrected chi connectivity index (χ4v) is 4.45. The molecule has 4 aromatic rings. The molecule has 1 aromatic heterocycles. The first-order valence-corrected chi connectivity index (χ1v) is 12.4. The molecule has 1 N–H and O–H groups in total. The van der Waals surface area contributed by atoms with Gasteiger partial charge >= 0.3 is 0 Å². The summed E-state index contributed by atoms with van der Waals surface area (Å²) in [6.07, 6.45) is -0.457. The Labute approximate surface area is 217 Å². The van der Waals surface area contributed by atoms with Crippen LogP contribution in [0.5, 0.6) is 11.5 Å². The molecule has 3 aromatic carbocycles. The largest absolute Gasteiger partial charge is 0.495 e. The van der Waals surface area contributed by atoms with E-state index in [2.05, 4.69) is 15.5 Å². The van der Waals surface area contributed by atoms with Gasteiger partial charge in [-0.15, -0.1) is 10.2 Å². The van der Waals surface area contributed by atoms with Crippen LogP contribution in [0.3, 0.4) is 0 Å². The fraction of sp³-hybridized carbons (Fsp3) is 0.160. The molecule has 1 amide bonds. The van der Waals surface area contributed by atoms with Crippen LogP contribution < -0.4 is 14.8 Å². The lowest BCUT2D eigenvalue weighted by Crippen LogP contribution is -2.16. The number of carbonyl (C=O) groups excluding carboxylic acids is 1. The number of ether oxygens (including phenoxy) is 2. The summed E-state index contributed by atoms with van der Waals surface area (Å²) >= 11 is 13.6. The van der Waals surface area contributed by atoms with Crippen molar-refractivity contribution in [3.8, 4) is 17.2 Å². The number of hydrogen-bond acceptors (Lipinski definition) is 6. The number of halogens is 2. The summed E-state index contributed by atoms with van der Waals surface area (Å²) in [6, 6.07) is 21.9. The van der Waals surface area contributed by atoms with E-state index in [0.29, 0.717) is 38.2 Å². The van der Waals surface area contributed by atoms with E-state index in [1.165, 1.54) is 18.9 Å². The van der Waals surface area contributed by atoms with Crippen molar-refractivity contribution in [3.05, 3.63) is 88.7 Å². The minimum atomic E-state index is -0.457. The summed E-state index contributed by atoms with van der Waals surface area (Å²) in [5, 5.41) is 13.1. The number of anilines is 1. The van der Waals surface area contributed by atoms with Gasteiger partial charge < -0.3 is 14.8 Å². The highest BCUT2D eigenvalue weighted by Crippen LogP contribution is 2.32. The van der Waals surface area contributed by atoms with Crippen molar-refractivity contribution in [2.45, 2.75) is 18.2 Å². The maximum Gasteiger partial charge on any atom is 0.234 e. The summed E-state index contributed by atoms with van der Waals surface area (Å²) in [7, 11) is 1.53. The number of methoxy groups -OCH3 is 1. The third-order valence-electron chi connectivity index (χ3n) is 4.94. The van der Waals surface area contributed by atoms with Crippen LogP contribution in [0.25, 0.3) is 5.69 Å². The van der Waals surface area contributed by atoms with Crippen molar-refractivity contribution in [3.63, 3.8) is 0 Å². The molecule has 0 saturated carbocycles. The minimum Gasteiger partial charge on any atom is -0.495 e. The fourth-order valence-electron chi connectivity index (χ4n) is 3.34. The highest BCUT2D eigenvalue weighted by atomic mass is 35.5. The lowest BCUT2D eigenvalue weighted by Gasteiger charge is -2.17. The second kappa shape index (κ2) is 11.5. The van der Waals surface area contributed by atoms with Crippen LogP contribution in [-0.2, 0) is 4.79 Å². The first kappa shape index (κ1) is 24.9. The summed E-state index contributed by atoms with van der Waals surface area (Å²) in [5.41, 5.74) is 1.35. The van der Waals surface area contributed by atoms with Gasteiger partial charge in [-0.25, -0.2) is 0 Å². The van der Waals surface area contributed by atoms with Crippen molar-refractivity contribution in [1.82, 2.24) is 14.8 Å². The smallest absolute Gasteiger partial charge is 0.234 e. The Morgan fingerprint density at radius 2 is 1.77 bits per heavy atom. The number of para-hydroxylation sites is 2. The molecular weight excluding hydrogens is 507 g/mol. The standard InChI is InChI=1S/C25H22Cl2N4O3S/c1-16(34-21-11-7-6-10-19(21)27)24-29-30-25(31(24)18-8-4-3-5-9-18)35-15-23(32)28-20-14-17(26)12-13-22(20)33-2/h3-14,16H,15H2,1-2H3,(H,28,32). The molecular formula is C25H22Cl2N4O3S. The van der Waals surface area contributed by atoms with E-state index in [0.717, 1.165) is 5.69 Å². The maximum absolute atomic E-state index is 12.7. The Kier molecular flexibility index (Phi) is 8.17. The molecule has 10 heteroatoms. The Bertz CT molecular complexity index is 1320. The minimum absolute atomic E-state index is 0.0976. The number of nitrogens with one attached hydrogen (secondary N) is 1. The van der Waals surface area contributed by atoms with Crippen LogP contribution >= 0.6 is 35.0 Å². The SMILES string of the molecule is COc1ccc(Cl)cc1NC(=O)CSc1nnc(C(C)Oc2ccccc2Cl)n1-c1ccccc1. The molecule has 180 valence electrons. The second-order valence-electron chi connectivity index (χ2n) is 7.38. The first-order valence-electron chi connectivity index (χ1n) is 10.6. The molecule has 7 nitrogen and oxygen atoms in total. The molecule has 0 spiro atoms. The first-order chi connectivity index (χ1) is 17.0. The van der Waals surface area contributed by atoms with Gasteiger partial charge in [0.15, 0.2) is 17.1 Å². The number of benzene rings is 3. The molecule has 0 radical (unpaired) electrons. The van der Waals surface area contributed by atoms with E-state index < -0.39 is 6.10 Å². The van der Waals surface area contributed by atoms with Gasteiger partial charge in [0.05, 0.1) is 23.6 Å². The van der Waals surface area contributed by atoms with E-state index in [4.69, 9.17) is 32.7 Å². The van der Waals surface area contributed by atoms with Crippen molar-refractivity contribution >= 4 is 46.6 Å². The van der Waals surface area contributed by atoms with Crippen molar-refractivity contribution in [2.24, 2.45) is 0 Å². The molecule has 1 unspecified atom stereocenters. The lowest BCUT2D eigenvalue weighted by atomic mass is 10.3. The van der Waals surface area contributed by atoms with Gasteiger partial charge in [-0.2, -0.15) is 0 Å². The van der Waals surface area contributed by atoms with Crippen LogP contribution in [0.15, 0.2) is 78.0 Å². The predicted molar refractivity (Wildman–Crippen MR) is 139 cm³/mol. The van der Waals surface area contributed by atoms with E-state index in [9.17, 15) is 4.79 Å². The number of amides is 1. The number of thioether (sulfide) groups is 1. The number of aromatic nitrogens is 3. The van der Waals surface area contributed by atoms with Gasteiger partial charge in [-0.3, -0.25) is 9.36 Å². The number of hydrogen-bond donors (Lipinski definition) is 1. The van der Waals surface area contributed by atoms with Crippen LogP contribution in [0.4, 0.5) is 5.69 Å². The van der Waals surface area contributed by atoms with Gasteiger partial charge in [-0.1, -0.05) is 65.3 Å². The molecule has 0 bridgehead atoms. The Morgan fingerprint density at radius 1 is 1.03 bits per heavy atom. The van der Waals surface area contributed by atoms with E-state index in [-0.39, 0.29) is 11.7 Å². The van der Waals surface area contributed by atoms with Gasteiger partial charge in [0.2, 0.25) is 5.91 Å². The van der Waals surface area contributed by atoms with Gasteiger partial charge in [0.25, 0.3) is 0 Å². The maximum atomic E-state index is 12.7.